The smallest absolute Gasteiger partial charge is 0.251 e. The molecule has 0 unspecified atom stereocenters. The highest BCUT2D eigenvalue weighted by Crippen LogP contribution is 2.16. The number of nitrogens with two attached hydrogens (primary N) is 1. The second-order valence-corrected chi connectivity index (χ2v) is 5.09. The highest BCUT2D eigenvalue weighted by atomic mass is 35.5. The van der Waals surface area contributed by atoms with Crippen LogP contribution in [0.5, 0.6) is 0 Å². The standard InChI is InChI=1S/C13H19ClN2O2/c1-4-18-13(2,3)8-16-12(17)9-5-10(14)7-11(15)6-9/h5-7H,4,8,15H2,1-3H3,(H,16,17). The minimum Gasteiger partial charge on any atom is -0.399 e. The molecular formula is C13H19ClN2O2. The maximum Gasteiger partial charge on any atom is 0.251 e. The van der Waals surface area contributed by atoms with Crippen LogP contribution in [0.15, 0.2) is 18.2 Å². The van der Waals surface area contributed by atoms with Gasteiger partial charge < -0.3 is 15.8 Å². The molecule has 0 heterocycles. The molecule has 3 N–H and O–H groups in total. The van der Waals surface area contributed by atoms with Crippen molar-refractivity contribution in [2.24, 2.45) is 0 Å². The number of hydrogen-bond donors (Lipinski definition) is 2. The third kappa shape index (κ3) is 4.55. The van der Waals surface area contributed by atoms with Crippen LogP contribution in [0.1, 0.15) is 31.1 Å². The van der Waals surface area contributed by atoms with Crippen LogP contribution in [-0.4, -0.2) is 24.7 Å². The Morgan fingerprint density at radius 3 is 2.67 bits per heavy atom. The summed E-state index contributed by atoms with van der Waals surface area (Å²) in [6.45, 7) is 6.78. The Bertz CT molecular complexity index is 413. The maximum atomic E-state index is 11.9. The SMILES string of the molecule is CCOC(C)(C)CNC(=O)c1cc(N)cc(Cl)c1. The van der Waals surface area contributed by atoms with Crippen LogP contribution < -0.4 is 11.1 Å². The molecule has 1 aromatic carbocycles. The molecule has 0 fully saturated rings. The van der Waals surface area contributed by atoms with Crippen LogP contribution >= 0.6 is 11.6 Å². The van der Waals surface area contributed by atoms with Gasteiger partial charge >= 0.3 is 0 Å². The Hall–Kier alpha value is -1.26. The van der Waals surface area contributed by atoms with Gasteiger partial charge in [0.2, 0.25) is 0 Å². The number of nitrogens with one attached hydrogen (secondary N) is 1. The first kappa shape index (κ1) is 14.8. The van der Waals surface area contributed by atoms with Crippen molar-refractivity contribution in [2.75, 3.05) is 18.9 Å². The van der Waals surface area contributed by atoms with Gasteiger partial charge in [0.05, 0.1) is 5.60 Å². The number of amides is 1. The van der Waals surface area contributed by atoms with Crippen molar-refractivity contribution in [3.8, 4) is 0 Å². The van der Waals surface area contributed by atoms with Crippen molar-refractivity contribution in [3.63, 3.8) is 0 Å². The van der Waals surface area contributed by atoms with Crippen molar-refractivity contribution in [1.29, 1.82) is 0 Å². The Kier molecular flexibility index (Phi) is 4.99. The summed E-state index contributed by atoms with van der Waals surface area (Å²) < 4.78 is 5.50. The third-order valence-corrected chi connectivity index (χ3v) is 2.61. The molecule has 0 spiro atoms. The zero-order valence-corrected chi connectivity index (χ0v) is 11.7. The fourth-order valence-electron chi connectivity index (χ4n) is 1.58. The van der Waals surface area contributed by atoms with E-state index < -0.39 is 5.60 Å². The monoisotopic (exact) mass is 270 g/mol. The van der Waals surface area contributed by atoms with Gasteiger partial charge in [-0.05, 0) is 39.0 Å². The molecule has 4 nitrogen and oxygen atoms in total. The number of anilines is 1. The molecule has 0 saturated carbocycles. The molecule has 0 aliphatic carbocycles. The van der Waals surface area contributed by atoms with Gasteiger partial charge in [-0.1, -0.05) is 11.6 Å². The normalized spacial score (nSPS) is 11.3. The lowest BCUT2D eigenvalue weighted by Crippen LogP contribution is -2.40. The summed E-state index contributed by atoms with van der Waals surface area (Å²) >= 11 is 5.85. The van der Waals surface area contributed by atoms with Gasteiger partial charge in [-0.25, -0.2) is 0 Å². The number of benzene rings is 1. The molecule has 0 aliphatic heterocycles. The van der Waals surface area contributed by atoms with E-state index in [1.165, 1.54) is 0 Å². The molecule has 5 heteroatoms. The zero-order valence-electron chi connectivity index (χ0n) is 10.9. The fourth-order valence-corrected chi connectivity index (χ4v) is 1.82. The Labute approximate surface area is 112 Å². The van der Waals surface area contributed by atoms with Gasteiger partial charge in [0.1, 0.15) is 0 Å². The molecule has 1 aromatic rings. The number of rotatable bonds is 5. The first-order valence-corrected chi connectivity index (χ1v) is 6.20. The van der Waals surface area contributed by atoms with Crippen LogP contribution in [0.25, 0.3) is 0 Å². The second kappa shape index (κ2) is 6.07. The fraction of sp³-hybridized carbons (Fsp3) is 0.462. The van der Waals surface area contributed by atoms with Crippen molar-refractivity contribution < 1.29 is 9.53 Å². The Balaban J connectivity index is 2.66. The van der Waals surface area contributed by atoms with Crippen LogP contribution in [0.3, 0.4) is 0 Å². The molecule has 0 atom stereocenters. The number of carbonyl (C=O) groups is 1. The highest BCUT2D eigenvalue weighted by Gasteiger charge is 2.19. The molecule has 0 saturated heterocycles. The van der Waals surface area contributed by atoms with E-state index in [1.807, 2.05) is 20.8 Å². The maximum absolute atomic E-state index is 11.9. The Morgan fingerprint density at radius 2 is 2.11 bits per heavy atom. The second-order valence-electron chi connectivity index (χ2n) is 4.65. The molecule has 0 bridgehead atoms. The number of halogens is 1. The van der Waals surface area contributed by atoms with Crippen molar-refractivity contribution in [3.05, 3.63) is 28.8 Å². The van der Waals surface area contributed by atoms with Crippen LogP contribution in [0.2, 0.25) is 5.02 Å². The van der Waals surface area contributed by atoms with Crippen LogP contribution in [0.4, 0.5) is 5.69 Å². The average Bonchev–Trinajstić information content (AvgIpc) is 2.24. The molecule has 1 amide bonds. The van der Waals surface area contributed by atoms with E-state index in [1.54, 1.807) is 18.2 Å². The van der Waals surface area contributed by atoms with Crippen molar-refractivity contribution >= 4 is 23.2 Å². The van der Waals surface area contributed by atoms with E-state index in [0.29, 0.717) is 29.4 Å². The van der Waals surface area contributed by atoms with E-state index in [4.69, 9.17) is 22.1 Å². The molecule has 1 rings (SSSR count). The molecule has 0 aromatic heterocycles. The molecule has 100 valence electrons. The summed E-state index contributed by atoms with van der Waals surface area (Å²) in [6.07, 6.45) is 0. The average molecular weight is 271 g/mol. The van der Waals surface area contributed by atoms with Gasteiger partial charge in [0.25, 0.3) is 5.91 Å². The summed E-state index contributed by atoms with van der Waals surface area (Å²) in [7, 11) is 0. The number of hydrogen-bond acceptors (Lipinski definition) is 3. The molecule has 0 radical (unpaired) electrons. The number of carbonyl (C=O) groups excluding carboxylic acids is 1. The minimum absolute atomic E-state index is 0.211. The predicted octanol–water partition coefficient (Wildman–Crippen LogP) is 2.47. The highest BCUT2D eigenvalue weighted by molar-refractivity contribution is 6.31. The van der Waals surface area contributed by atoms with Gasteiger partial charge in [-0.2, -0.15) is 0 Å². The minimum atomic E-state index is -0.394. The zero-order chi connectivity index (χ0) is 13.8. The summed E-state index contributed by atoms with van der Waals surface area (Å²) in [5.41, 5.74) is 6.16. The quantitative estimate of drug-likeness (QED) is 0.808. The lowest BCUT2D eigenvalue weighted by Gasteiger charge is -2.24. The van der Waals surface area contributed by atoms with E-state index in [2.05, 4.69) is 5.32 Å². The van der Waals surface area contributed by atoms with E-state index in [-0.39, 0.29) is 5.91 Å². The van der Waals surface area contributed by atoms with Gasteiger partial charge in [0, 0.05) is 29.4 Å². The van der Waals surface area contributed by atoms with Crippen LogP contribution in [0, 0.1) is 0 Å². The molecule has 0 aliphatic rings. The van der Waals surface area contributed by atoms with Crippen molar-refractivity contribution in [2.45, 2.75) is 26.4 Å². The largest absolute Gasteiger partial charge is 0.399 e. The lowest BCUT2D eigenvalue weighted by atomic mass is 10.1. The first-order valence-electron chi connectivity index (χ1n) is 5.82. The van der Waals surface area contributed by atoms with Crippen molar-refractivity contribution in [1.82, 2.24) is 5.32 Å². The van der Waals surface area contributed by atoms with Gasteiger partial charge in [0.15, 0.2) is 0 Å². The first-order chi connectivity index (χ1) is 8.34. The topological polar surface area (TPSA) is 64.3 Å². The van der Waals surface area contributed by atoms with Gasteiger partial charge in [-0.3, -0.25) is 4.79 Å². The number of nitrogen functional groups attached to an aromatic ring is 1. The van der Waals surface area contributed by atoms with E-state index in [9.17, 15) is 4.79 Å². The molecular weight excluding hydrogens is 252 g/mol. The summed E-state index contributed by atoms with van der Waals surface area (Å²) in [6, 6.07) is 4.78. The molecule has 18 heavy (non-hydrogen) atoms. The van der Waals surface area contributed by atoms with Gasteiger partial charge in [-0.15, -0.1) is 0 Å². The number of ether oxygens (including phenoxy) is 1. The van der Waals surface area contributed by atoms with E-state index >= 15 is 0 Å². The predicted molar refractivity (Wildman–Crippen MR) is 73.9 cm³/mol. The summed E-state index contributed by atoms with van der Waals surface area (Å²) in [5.74, 6) is -0.211. The third-order valence-electron chi connectivity index (χ3n) is 2.39. The van der Waals surface area contributed by atoms with Crippen LogP contribution in [-0.2, 0) is 4.74 Å². The summed E-state index contributed by atoms with van der Waals surface area (Å²) in [5, 5.41) is 3.25. The van der Waals surface area contributed by atoms with E-state index in [0.717, 1.165) is 0 Å². The lowest BCUT2D eigenvalue weighted by molar-refractivity contribution is -0.00815. The Morgan fingerprint density at radius 1 is 1.44 bits per heavy atom. The summed E-state index contributed by atoms with van der Waals surface area (Å²) in [4.78, 5) is 11.9.